The van der Waals surface area contributed by atoms with E-state index in [4.69, 9.17) is 26.8 Å². The van der Waals surface area contributed by atoms with Crippen molar-refractivity contribution in [3.8, 4) is 11.8 Å². The van der Waals surface area contributed by atoms with Crippen molar-refractivity contribution >= 4 is 29.2 Å². The minimum atomic E-state index is -0.989. The number of halogens is 1. The largest absolute Gasteiger partial charge is 0.508 e. The Labute approximate surface area is 189 Å². The highest BCUT2D eigenvalue weighted by Crippen LogP contribution is 2.45. The van der Waals surface area contributed by atoms with Gasteiger partial charge in [0.1, 0.15) is 17.3 Å². The summed E-state index contributed by atoms with van der Waals surface area (Å²) in [4.78, 5) is 27.1. The van der Waals surface area contributed by atoms with Gasteiger partial charge in [-0.1, -0.05) is 41.9 Å². The highest BCUT2D eigenvalue weighted by Gasteiger charge is 2.43. The minimum absolute atomic E-state index is 0.000356. The van der Waals surface area contributed by atoms with E-state index in [-0.39, 0.29) is 39.1 Å². The van der Waals surface area contributed by atoms with Gasteiger partial charge < -0.3 is 20.3 Å². The van der Waals surface area contributed by atoms with Gasteiger partial charge in [-0.05, 0) is 24.1 Å². The summed E-state index contributed by atoms with van der Waals surface area (Å²) in [5, 5.41) is 20.4. The van der Waals surface area contributed by atoms with Crippen molar-refractivity contribution in [2.75, 3.05) is 19.1 Å². The van der Waals surface area contributed by atoms with Crippen LogP contribution in [0, 0.1) is 18.3 Å². The maximum Gasteiger partial charge on any atom is 0.355 e. The molecule has 0 spiro atoms. The molecule has 2 aromatic carbocycles. The first-order chi connectivity index (χ1) is 15.3. The van der Waals surface area contributed by atoms with Crippen molar-refractivity contribution in [2.45, 2.75) is 12.8 Å². The third kappa shape index (κ3) is 3.74. The summed E-state index contributed by atoms with van der Waals surface area (Å²) < 4.78 is 9.91. The third-order valence-electron chi connectivity index (χ3n) is 5.12. The number of benzene rings is 2. The molecular formula is C23H20ClN3O5. The van der Waals surface area contributed by atoms with Crippen molar-refractivity contribution in [1.29, 1.82) is 5.26 Å². The molecule has 0 aliphatic carbocycles. The number of hydrogen-bond donors (Lipinski definition) is 2. The minimum Gasteiger partial charge on any atom is -0.508 e. The van der Waals surface area contributed by atoms with Gasteiger partial charge >= 0.3 is 11.9 Å². The Morgan fingerprint density at radius 1 is 1.16 bits per heavy atom. The Morgan fingerprint density at radius 2 is 1.78 bits per heavy atom. The smallest absolute Gasteiger partial charge is 0.355 e. The van der Waals surface area contributed by atoms with Crippen LogP contribution in [0.15, 0.2) is 65.1 Å². The normalized spacial score (nSPS) is 16.0. The fourth-order valence-electron chi connectivity index (χ4n) is 3.59. The number of methoxy groups -OCH3 is 2. The second kappa shape index (κ2) is 9.04. The summed E-state index contributed by atoms with van der Waals surface area (Å²) in [6, 6.07) is 13.5. The topological polar surface area (TPSA) is 126 Å². The monoisotopic (exact) mass is 453 g/mol. The molecule has 2 aromatic rings. The highest BCUT2D eigenvalue weighted by atomic mass is 35.5. The van der Waals surface area contributed by atoms with Crippen LogP contribution in [0.3, 0.4) is 0 Å². The van der Waals surface area contributed by atoms with Gasteiger partial charge in [-0.25, -0.2) is 9.59 Å². The number of carbonyl (C=O) groups excluding carboxylic acids is 2. The average Bonchev–Trinajstić information content (AvgIpc) is 2.80. The molecule has 8 nitrogen and oxygen atoms in total. The molecular weight excluding hydrogens is 434 g/mol. The first kappa shape index (κ1) is 22.7. The number of nitrogens with two attached hydrogens (primary N) is 1. The number of nitrogens with zero attached hydrogens (tertiary/aromatic N) is 2. The second-order valence-electron chi connectivity index (χ2n) is 6.93. The number of hydrogen-bond acceptors (Lipinski definition) is 8. The number of aromatic hydroxyl groups is 1. The van der Waals surface area contributed by atoms with Crippen LogP contribution < -0.4 is 10.6 Å². The van der Waals surface area contributed by atoms with Gasteiger partial charge in [0, 0.05) is 6.07 Å². The highest BCUT2D eigenvalue weighted by molar-refractivity contribution is 6.33. The molecule has 1 unspecified atom stereocenters. The number of nitriles is 1. The van der Waals surface area contributed by atoms with Crippen LogP contribution in [-0.4, -0.2) is 31.3 Å². The van der Waals surface area contributed by atoms with E-state index < -0.39 is 17.9 Å². The molecule has 0 radical (unpaired) electrons. The Bertz CT molecular complexity index is 1200. The van der Waals surface area contributed by atoms with Gasteiger partial charge in [0.05, 0.1) is 48.1 Å². The summed E-state index contributed by atoms with van der Waals surface area (Å²) in [6.07, 6.45) is 0. The summed E-state index contributed by atoms with van der Waals surface area (Å²) in [6.45, 7) is 1.64. The molecule has 3 rings (SSSR count). The molecule has 164 valence electrons. The van der Waals surface area contributed by atoms with Crippen LogP contribution in [0.25, 0.3) is 0 Å². The van der Waals surface area contributed by atoms with E-state index in [1.54, 1.807) is 37.3 Å². The van der Waals surface area contributed by atoms with Gasteiger partial charge in [-0.3, -0.25) is 4.90 Å². The number of anilines is 1. The fourth-order valence-corrected chi connectivity index (χ4v) is 3.89. The van der Waals surface area contributed by atoms with E-state index in [1.165, 1.54) is 12.1 Å². The van der Waals surface area contributed by atoms with Crippen molar-refractivity contribution in [3.63, 3.8) is 0 Å². The summed E-state index contributed by atoms with van der Waals surface area (Å²) >= 11 is 6.41. The SMILES string of the molecule is COC(=O)C1=C(C(=O)OC)N(c2cc(O)c(C)cc2Cl)C(N)=C(C#N)C1c1ccccc1. The molecule has 0 fully saturated rings. The Hall–Kier alpha value is -3.96. The molecule has 0 amide bonds. The lowest BCUT2D eigenvalue weighted by Crippen LogP contribution is -2.40. The lowest BCUT2D eigenvalue weighted by Gasteiger charge is -2.36. The molecule has 3 N–H and O–H groups in total. The Kier molecular flexibility index (Phi) is 6.42. The van der Waals surface area contributed by atoms with Gasteiger partial charge in [-0.2, -0.15) is 5.26 Å². The van der Waals surface area contributed by atoms with Gasteiger partial charge in [0.25, 0.3) is 0 Å². The van der Waals surface area contributed by atoms with Crippen molar-refractivity contribution in [2.24, 2.45) is 5.73 Å². The zero-order chi connectivity index (χ0) is 23.6. The molecule has 0 saturated heterocycles. The lowest BCUT2D eigenvalue weighted by molar-refractivity contribution is -0.139. The summed E-state index contributed by atoms with van der Waals surface area (Å²) in [5.41, 5.74) is 7.09. The van der Waals surface area contributed by atoms with Crippen LogP contribution in [0.5, 0.6) is 5.75 Å². The maximum absolute atomic E-state index is 13.0. The second-order valence-corrected chi connectivity index (χ2v) is 7.33. The molecule has 1 atom stereocenters. The molecule has 0 bridgehead atoms. The Morgan fingerprint density at radius 3 is 2.34 bits per heavy atom. The number of allylic oxidation sites excluding steroid dienone is 1. The van der Waals surface area contributed by atoms with E-state index in [1.807, 2.05) is 6.07 Å². The van der Waals surface area contributed by atoms with Crippen LogP contribution >= 0.6 is 11.6 Å². The van der Waals surface area contributed by atoms with Crippen LogP contribution in [0.2, 0.25) is 5.02 Å². The van der Waals surface area contributed by atoms with Gasteiger partial charge in [0.2, 0.25) is 0 Å². The lowest BCUT2D eigenvalue weighted by atomic mass is 9.81. The van der Waals surface area contributed by atoms with Crippen LogP contribution in [-0.2, 0) is 19.1 Å². The van der Waals surface area contributed by atoms with E-state index in [0.717, 1.165) is 19.1 Å². The quantitative estimate of drug-likeness (QED) is 0.675. The average molecular weight is 454 g/mol. The van der Waals surface area contributed by atoms with Crippen molar-refractivity contribution in [1.82, 2.24) is 0 Å². The predicted octanol–water partition coefficient (Wildman–Crippen LogP) is 3.25. The number of rotatable bonds is 4. The number of phenolic OH excluding ortho intramolecular Hbond substituents is 1. The van der Waals surface area contributed by atoms with E-state index in [2.05, 4.69) is 0 Å². The molecule has 0 aromatic heterocycles. The number of carbonyl (C=O) groups is 2. The number of ether oxygens (including phenoxy) is 2. The number of esters is 2. The summed E-state index contributed by atoms with van der Waals surface area (Å²) in [5.74, 6) is -3.00. The van der Waals surface area contributed by atoms with Crippen LogP contribution in [0.1, 0.15) is 17.0 Å². The fraction of sp³-hybridized carbons (Fsp3) is 0.174. The van der Waals surface area contributed by atoms with E-state index in [0.29, 0.717) is 11.1 Å². The van der Waals surface area contributed by atoms with Gasteiger partial charge in [0.15, 0.2) is 0 Å². The molecule has 32 heavy (non-hydrogen) atoms. The van der Waals surface area contributed by atoms with E-state index in [9.17, 15) is 20.0 Å². The predicted molar refractivity (Wildman–Crippen MR) is 117 cm³/mol. The number of aryl methyl sites for hydroxylation is 1. The van der Waals surface area contributed by atoms with Crippen LogP contribution in [0.4, 0.5) is 5.69 Å². The Balaban J connectivity index is 2.46. The van der Waals surface area contributed by atoms with Crippen molar-refractivity contribution in [3.05, 3.63) is 81.3 Å². The standard InChI is InChI=1S/C23H20ClN3O5/c1-12-9-15(24)16(10-17(12)28)27-20(23(30)32-3)19(22(29)31-2)18(14(11-25)21(27)26)13-7-5-4-6-8-13/h4-10,18,28H,26H2,1-3H3. The summed E-state index contributed by atoms with van der Waals surface area (Å²) in [7, 11) is 2.31. The first-order valence-corrected chi connectivity index (χ1v) is 9.79. The molecule has 1 heterocycles. The molecule has 0 saturated carbocycles. The molecule has 1 aliphatic rings. The molecule has 9 heteroatoms. The maximum atomic E-state index is 13.0. The van der Waals surface area contributed by atoms with Gasteiger partial charge in [-0.15, -0.1) is 0 Å². The molecule has 1 aliphatic heterocycles. The number of phenols is 1. The zero-order valence-electron chi connectivity index (χ0n) is 17.5. The van der Waals surface area contributed by atoms with E-state index >= 15 is 0 Å². The first-order valence-electron chi connectivity index (χ1n) is 9.41. The van der Waals surface area contributed by atoms with Crippen molar-refractivity contribution < 1.29 is 24.2 Å². The third-order valence-corrected chi connectivity index (χ3v) is 5.42. The zero-order valence-corrected chi connectivity index (χ0v) is 18.3.